The van der Waals surface area contributed by atoms with Crippen LogP contribution < -0.4 is 10.6 Å². The zero-order chi connectivity index (χ0) is 22.1. The van der Waals surface area contributed by atoms with E-state index in [9.17, 15) is 14.7 Å². The molecule has 1 amide bonds. The Morgan fingerprint density at radius 1 is 1.06 bits per heavy atom. The van der Waals surface area contributed by atoms with E-state index in [-0.39, 0.29) is 29.0 Å². The van der Waals surface area contributed by atoms with Gasteiger partial charge in [0.15, 0.2) is 5.75 Å². The van der Waals surface area contributed by atoms with Crippen molar-refractivity contribution >= 4 is 17.4 Å². The molecule has 0 spiro atoms. The molecule has 2 aromatic rings. The van der Waals surface area contributed by atoms with Gasteiger partial charge in [0.05, 0.1) is 16.9 Å². The van der Waals surface area contributed by atoms with Crippen molar-refractivity contribution in [3.63, 3.8) is 0 Å². The number of hydrogen-bond donors (Lipinski definition) is 3. The van der Waals surface area contributed by atoms with Crippen LogP contribution in [0.15, 0.2) is 72.1 Å². The Balaban J connectivity index is 1.59. The van der Waals surface area contributed by atoms with Gasteiger partial charge in [-0.1, -0.05) is 49.4 Å². The van der Waals surface area contributed by atoms with Crippen LogP contribution in [0.5, 0.6) is 5.75 Å². The summed E-state index contributed by atoms with van der Waals surface area (Å²) < 4.78 is 0. The molecular weight excluding hydrogens is 390 g/mol. The number of carbonyl (C=O) groups excluding carboxylic acids is 2. The minimum Gasteiger partial charge on any atom is -0.505 e. The van der Waals surface area contributed by atoms with Crippen LogP contribution in [0.2, 0.25) is 0 Å². The van der Waals surface area contributed by atoms with E-state index in [0.29, 0.717) is 28.6 Å². The predicted octanol–water partition coefficient (Wildman–Crippen LogP) is 3.78. The Morgan fingerprint density at radius 3 is 2.52 bits per heavy atom. The molecule has 0 radical (unpaired) electrons. The van der Waals surface area contributed by atoms with Crippen LogP contribution in [-0.4, -0.2) is 41.8 Å². The molecule has 0 heterocycles. The molecule has 0 aliphatic heterocycles. The topological polar surface area (TPSA) is 81.7 Å². The average molecular weight is 418 g/mol. The van der Waals surface area contributed by atoms with E-state index in [1.54, 1.807) is 32.3 Å². The molecule has 1 fully saturated rings. The lowest BCUT2D eigenvalue weighted by molar-refractivity contribution is -0.113. The van der Waals surface area contributed by atoms with Crippen molar-refractivity contribution in [1.82, 2.24) is 10.2 Å². The van der Waals surface area contributed by atoms with Crippen LogP contribution in [0.3, 0.4) is 0 Å². The largest absolute Gasteiger partial charge is 0.505 e. The summed E-state index contributed by atoms with van der Waals surface area (Å²) in [5.74, 6) is -0.315. The molecule has 6 nitrogen and oxygen atoms in total. The van der Waals surface area contributed by atoms with E-state index in [1.807, 2.05) is 18.2 Å². The average Bonchev–Trinajstić information content (AvgIpc) is 3.25. The van der Waals surface area contributed by atoms with Gasteiger partial charge in [-0.15, -0.1) is 0 Å². The lowest BCUT2D eigenvalue weighted by Crippen LogP contribution is -2.40. The minimum absolute atomic E-state index is 0.177. The second-order valence-electron chi connectivity index (χ2n) is 8.28. The van der Waals surface area contributed by atoms with Gasteiger partial charge in [0.1, 0.15) is 5.70 Å². The van der Waals surface area contributed by atoms with Crippen LogP contribution in [0.1, 0.15) is 41.1 Å². The first-order valence-corrected chi connectivity index (χ1v) is 10.5. The Morgan fingerprint density at radius 2 is 1.81 bits per heavy atom. The summed E-state index contributed by atoms with van der Waals surface area (Å²) in [6.45, 7) is 3.91. The number of phenolic OH excluding ortho intramolecular Hbond substituents is 1. The fraction of sp³-hybridized carbons (Fsp3) is 0.280. The smallest absolute Gasteiger partial charge is 0.257 e. The van der Waals surface area contributed by atoms with Crippen molar-refractivity contribution in [2.24, 2.45) is 0 Å². The number of aromatic hydroxyl groups is 1. The van der Waals surface area contributed by atoms with E-state index >= 15 is 0 Å². The third-order valence-corrected chi connectivity index (χ3v) is 6.06. The first kappa shape index (κ1) is 20.7. The lowest BCUT2D eigenvalue weighted by atomic mass is 9.89. The number of para-hydroxylation sites is 1. The van der Waals surface area contributed by atoms with E-state index in [0.717, 1.165) is 19.3 Å². The first-order valence-electron chi connectivity index (χ1n) is 10.5. The number of ketones is 1. The molecule has 1 saturated carbocycles. The van der Waals surface area contributed by atoms with E-state index < -0.39 is 0 Å². The molecule has 2 aliphatic carbocycles. The number of rotatable bonds is 6. The number of nitrogens with one attached hydrogen (secondary N) is 2. The zero-order valence-corrected chi connectivity index (χ0v) is 17.8. The van der Waals surface area contributed by atoms with Gasteiger partial charge in [-0.2, -0.15) is 0 Å². The van der Waals surface area contributed by atoms with Gasteiger partial charge in [0, 0.05) is 31.6 Å². The van der Waals surface area contributed by atoms with Crippen molar-refractivity contribution in [2.75, 3.05) is 19.4 Å². The van der Waals surface area contributed by atoms with Gasteiger partial charge in [0.25, 0.3) is 5.91 Å². The number of amides is 1. The van der Waals surface area contributed by atoms with Crippen molar-refractivity contribution in [3.8, 4) is 5.75 Å². The molecule has 4 rings (SSSR count). The summed E-state index contributed by atoms with van der Waals surface area (Å²) in [4.78, 5) is 26.2. The molecule has 0 unspecified atom stereocenters. The number of phenols is 1. The summed E-state index contributed by atoms with van der Waals surface area (Å²) in [6.07, 6.45) is 3.21. The first-order chi connectivity index (χ1) is 14.9. The maximum absolute atomic E-state index is 12.5. The van der Waals surface area contributed by atoms with E-state index in [1.165, 1.54) is 10.5 Å². The van der Waals surface area contributed by atoms with Gasteiger partial charge in [-0.3, -0.25) is 9.59 Å². The number of carbonyl (C=O) groups is 2. The third-order valence-electron chi connectivity index (χ3n) is 6.06. The fourth-order valence-electron chi connectivity index (χ4n) is 4.35. The maximum atomic E-state index is 12.5. The third kappa shape index (κ3) is 3.81. The molecule has 3 N–H and O–H groups in total. The van der Waals surface area contributed by atoms with Crippen LogP contribution in [0.25, 0.3) is 0 Å². The molecule has 2 atom stereocenters. The highest BCUT2D eigenvalue weighted by Crippen LogP contribution is 2.38. The lowest BCUT2D eigenvalue weighted by Gasteiger charge is -2.32. The van der Waals surface area contributed by atoms with Gasteiger partial charge in [0.2, 0.25) is 5.78 Å². The zero-order valence-electron chi connectivity index (χ0n) is 17.8. The molecule has 0 bridgehead atoms. The van der Waals surface area contributed by atoms with Crippen molar-refractivity contribution in [1.29, 1.82) is 0 Å². The Hall–Kier alpha value is -3.54. The maximum Gasteiger partial charge on any atom is 0.257 e. The van der Waals surface area contributed by atoms with Gasteiger partial charge in [-0.05, 0) is 30.5 Å². The number of benzene rings is 2. The monoisotopic (exact) mass is 417 g/mol. The van der Waals surface area contributed by atoms with E-state index in [4.69, 9.17) is 0 Å². The molecule has 0 saturated heterocycles. The summed E-state index contributed by atoms with van der Waals surface area (Å²) in [6, 6.07) is 15.5. The highest BCUT2D eigenvalue weighted by molar-refractivity contribution is 6.21. The number of Topliss-reactive ketones (excluding diaryl/α,β-unsaturated/α-hetero) is 1. The predicted molar refractivity (Wildman–Crippen MR) is 121 cm³/mol. The Labute approximate surface area is 182 Å². The summed E-state index contributed by atoms with van der Waals surface area (Å²) >= 11 is 0. The number of hydrogen-bond acceptors (Lipinski definition) is 5. The Bertz CT molecular complexity index is 1070. The molecule has 31 heavy (non-hydrogen) atoms. The minimum atomic E-state index is -0.311. The van der Waals surface area contributed by atoms with Crippen LogP contribution in [-0.2, 0) is 4.79 Å². The second-order valence-corrected chi connectivity index (χ2v) is 8.28. The standard InChI is InChI=1S/C25H27N3O3/c1-15-21(26-19-13-7-11-17(19)16-9-5-4-6-10-16)22(23(15)29)27-20-14-8-12-18(24(20)30)25(31)28(2)3/h4-6,8-10,12,14,17,19,26-27,30H,1,7,11,13H2,2-3H3/t17-,19+/m0/s1. The molecule has 160 valence electrons. The second kappa shape index (κ2) is 8.30. The van der Waals surface area contributed by atoms with Crippen LogP contribution in [0, 0.1) is 0 Å². The molecular formula is C25H27N3O3. The molecule has 6 heteroatoms. The van der Waals surface area contributed by atoms with Gasteiger partial charge >= 0.3 is 0 Å². The van der Waals surface area contributed by atoms with Crippen LogP contribution >= 0.6 is 0 Å². The van der Waals surface area contributed by atoms with Gasteiger partial charge in [-0.25, -0.2) is 0 Å². The number of nitrogens with zero attached hydrogens (tertiary/aromatic N) is 1. The fourth-order valence-corrected chi connectivity index (χ4v) is 4.35. The molecule has 2 aromatic carbocycles. The quantitative estimate of drug-likeness (QED) is 0.492. The highest BCUT2D eigenvalue weighted by atomic mass is 16.3. The normalized spacial score (nSPS) is 20.5. The van der Waals surface area contributed by atoms with E-state index in [2.05, 4.69) is 29.3 Å². The summed E-state index contributed by atoms with van der Waals surface area (Å²) in [5.41, 5.74) is 3.26. The highest BCUT2D eigenvalue weighted by Gasteiger charge is 2.37. The van der Waals surface area contributed by atoms with Crippen molar-refractivity contribution < 1.29 is 14.7 Å². The van der Waals surface area contributed by atoms with Crippen molar-refractivity contribution in [3.05, 3.63) is 83.2 Å². The molecule has 2 aliphatic rings. The molecule has 0 aromatic heterocycles. The Kier molecular flexibility index (Phi) is 5.55. The number of allylic oxidation sites excluding steroid dienone is 2. The summed E-state index contributed by atoms with van der Waals surface area (Å²) in [7, 11) is 3.24. The number of anilines is 1. The van der Waals surface area contributed by atoms with Crippen molar-refractivity contribution in [2.45, 2.75) is 31.2 Å². The summed E-state index contributed by atoms with van der Waals surface area (Å²) in [5, 5.41) is 17.2. The van der Waals surface area contributed by atoms with Crippen LogP contribution in [0.4, 0.5) is 5.69 Å². The SMILES string of the molecule is C=C1C(=O)C(Nc2cccc(C(=O)N(C)C)c2O)=C1N[C@@H]1CCC[C@H]1c1ccccc1. The van der Waals surface area contributed by atoms with Gasteiger partial charge < -0.3 is 20.6 Å².